The fourth-order valence-electron chi connectivity index (χ4n) is 1.67. The lowest BCUT2D eigenvalue weighted by Crippen LogP contribution is -2.20. The average molecular weight is 219 g/mol. The van der Waals surface area contributed by atoms with Gasteiger partial charge in [-0.15, -0.1) is 17.0 Å². The lowest BCUT2D eigenvalue weighted by Gasteiger charge is -2.27. The largest absolute Gasteiger partial charge is 0.295 e. The molecule has 11 heavy (non-hydrogen) atoms. The number of ketones is 1. The minimum atomic E-state index is 0. The molecule has 0 aromatic heterocycles. The molecular formula is C9H15BrO. The van der Waals surface area contributed by atoms with Gasteiger partial charge in [-0.25, -0.2) is 0 Å². The predicted molar refractivity (Wildman–Crippen MR) is 52.1 cm³/mol. The lowest BCUT2D eigenvalue weighted by molar-refractivity contribution is -0.117. The van der Waals surface area contributed by atoms with Crippen LogP contribution in [0.3, 0.4) is 0 Å². The van der Waals surface area contributed by atoms with Crippen molar-refractivity contribution in [2.24, 2.45) is 5.41 Å². The van der Waals surface area contributed by atoms with Gasteiger partial charge in [0, 0.05) is 6.42 Å². The quantitative estimate of drug-likeness (QED) is 0.612. The lowest BCUT2D eigenvalue weighted by atomic mass is 9.77. The molecule has 0 saturated carbocycles. The minimum absolute atomic E-state index is 0. The molecule has 0 heterocycles. The molecule has 1 aliphatic rings. The molecule has 0 aromatic carbocycles. The molecule has 0 aromatic rings. The van der Waals surface area contributed by atoms with Gasteiger partial charge >= 0.3 is 0 Å². The van der Waals surface area contributed by atoms with Crippen LogP contribution in [-0.4, -0.2) is 5.78 Å². The summed E-state index contributed by atoms with van der Waals surface area (Å²) in [5.41, 5.74) is 1.43. The van der Waals surface area contributed by atoms with Crippen LogP contribution in [-0.2, 0) is 4.79 Å². The summed E-state index contributed by atoms with van der Waals surface area (Å²) in [7, 11) is 0. The maximum atomic E-state index is 11.0. The molecule has 0 unspecified atom stereocenters. The van der Waals surface area contributed by atoms with Crippen molar-refractivity contribution in [2.75, 3.05) is 0 Å². The first kappa shape index (κ1) is 10.9. The zero-order valence-corrected chi connectivity index (χ0v) is 9.02. The zero-order chi connectivity index (χ0) is 7.78. The third-order valence-corrected chi connectivity index (χ3v) is 1.82. The van der Waals surface area contributed by atoms with Crippen molar-refractivity contribution in [2.45, 2.75) is 33.6 Å². The van der Waals surface area contributed by atoms with Crippen molar-refractivity contribution in [1.82, 2.24) is 0 Å². The highest BCUT2D eigenvalue weighted by Crippen LogP contribution is 2.32. The van der Waals surface area contributed by atoms with Gasteiger partial charge < -0.3 is 0 Å². The van der Waals surface area contributed by atoms with E-state index in [0.717, 1.165) is 6.42 Å². The fourth-order valence-corrected chi connectivity index (χ4v) is 1.67. The minimum Gasteiger partial charge on any atom is -0.295 e. The molecule has 0 bridgehead atoms. The van der Waals surface area contributed by atoms with Crippen molar-refractivity contribution in [3.8, 4) is 0 Å². The van der Waals surface area contributed by atoms with E-state index >= 15 is 0 Å². The van der Waals surface area contributed by atoms with Gasteiger partial charge in [-0.2, -0.15) is 0 Å². The topological polar surface area (TPSA) is 17.1 Å². The van der Waals surface area contributed by atoms with E-state index in [9.17, 15) is 4.79 Å². The van der Waals surface area contributed by atoms with Crippen LogP contribution >= 0.6 is 17.0 Å². The predicted octanol–water partition coefficient (Wildman–Crippen LogP) is 2.90. The Bertz CT molecular complexity index is 192. The van der Waals surface area contributed by atoms with Gasteiger partial charge in [-0.05, 0) is 24.8 Å². The summed E-state index contributed by atoms with van der Waals surface area (Å²) in [6.07, 6.45) is 3.55. The molecule has 0 radical (unpaired) electrons. The highest BCUT2D eigenvalue weighted by atomic mass is 79.9. The highest BCUT2D eigenvalue weighted by molar-refractivity contribution is 8.93. The smallest absolute Gasteiger partial charge is 0.156 e. The molecule has 0 amide bonds. The second kappa shape index (κ2) is 3.53. The van der Waals surface area contributed by atoms with Gasteiger partial charge in [-0.3, -0.25) is 4.79 Å². The van der Waals surface area contributed by atoms with E-state index < -0.39 is 0 Å². The summed E-state index contributed by atoms with van der Waals surface area (Å²) in [6, 6.07) is 0. The van der Waals surface area contributed by atoms with Crippen molar-refractivity contribution >= 4 is 22.8 Å². The second-order valence-corrected chi connectivity index (χ2v) is 3.97. The normalized spacial score (nSPS) is 22.1. The van der Waals surface area contributed by atoms with Crippen LogP contribution in [0.1, 0.15) is 33.6 Å². The molecule has 1 nitrogen and oxygen atoms in total. The van der Waals surface area contributed by atoms with Crippen molar-refractivity contribution in [1.29, 1.82) is 0 Å². The number of halogens is 1. The van der Waals surface area contributed by atoms with Crippen LogP contribution in [0.4, 0.5) is 0 Å². The SMILES string of the molecule is Br.CC1=CC(=O)CC(C)(C)C1. The van der Waals surface area contributed by atoms with Crippen LogP contribution < -0.4 is 0 Å². The van der Waals surface area contributed by atoms with E-state index in [4.69, 9.17) is 0 Å². The Morgan fingerprint density at radius 1 is 1.36 bits per heavy atom. The third-order valence-electron chi connectivity index (χ3n) is 1.82. The molecule has 64 valence electrons. The van der Waals surface area contributed by atoms with Crippen LogP contribution in [0.2, 0.25) is 0 Å². The number of hydrogen-bond donors (Lipinski definition) is 0. The summed E-state index contributed by atoms with van der Waals surface area (Å²) >= 11 is 0. The van der Waals surface area contributed by atoms with Crippen molar-refractivity contribution < 1.29 is 4.79 Å². The van der Waals surface area contributed by atoms with Gasteiger partial charge in [-0.1, -0.05) is 19.4 Å². The highest BCUT2D eigenvalue weighted by Gasteiger charge is 2.25. The van der Waals surface area contributed by atoms with Crippen molar-refractivity contribution in [3.05, 3.63) is 11.6 Å². The first-order valence-corrected chi connectivity index (χ1v) is 3.70. The summed E-state index contributed by atoms with van der Waals surface area (Å²) < 4.78 is 0. The second-order valence-electron chi connectivity index (χ2n) is 3.97. The maximum Gasteiger partial charge on any atom is 0.156 e. The van der Waals surface area contributed by atoms with Gasteiger partial charge in [0.15, 0.2) is 5.78 Å². The van der Waals surface area contributed by atoms with E-state index in [1.807, 2.05) is 6.92 Å². The molecule has 0 spiro atoms. The standard InChI is InChI=1S/C9H14O.BrH/c1-7-4-8(10)6-9(2,3)5-7;/h4H,5-6H2,1-3H3;1H. The van der Waals surface area contributed by atoms with E-state index in [0.29, 0.717) is 6.42 Å². The summed E-state index contributed by atoms with van der Waals surface area (Å²) in [5.74, 6) is 0.286. The van der Waals surface area contributed by atoms with Gasteiger partial charge in [0.05, 0.1) is 0 Å². The number of hydrogen-bond acceptors (Lipinski definition) is 1. The molecule has 0 saturated heterocycles. The molecule has 0 atom stereocenters. The zero-order valence-electron chi connectivity index (χ0n) is 7.31. The van der Waals surface area contributed by atoms with E-state index in [1.165, 1.54) is 5.57 Å². The molecule has 1 rings (SSSR count). The van der Waals surface area contributed by atoms with Crippen LogP contribution in [0.25, 0.3) is 0 Å². The fraction of sp³-hybridized carbons (Fsp3) is 0.667. The summed E-state index contributed by atoms with van der Waals surface area (Å²) in [5, 5.41) is 0. The molecule has 0 fully saturated rings. The third kappa shape index (κ3) is 3.19. The monoisotopic (exact) mass is 218 g/mol. The van der Waals surface area contributed by atoms with Gasteiger partial charge in [0.25, 0.3) is 0 Å². The molecule has 0 aliphatic heterocycles. The molecular weight excluding hydrogens is 204 g/mol. The Morgan fingerprint density at radius 3 is 2.27 bits per heavy atom. The van der Waals surface area contributed by atoms with Crippen LogP contribution in [0.15, 0.2) is 11.6 Å². The van der Waals surface area contributed by atoms with Crippen LogP contribution in [0.5, 0.6) is 0 Å². The van der Waals surface area contributed by atoms with Crippen LogP contribution in [0, 0.1) is 5.41 Å². The number of carbonyl (C=O) groups is 1. The van der Waals surface area contributed by atoms with E-state index in [-0.39, 0.29) is 28.2 Å². The molecule has 1 aliphatic carbocycles. The Labute approximate surface area is 78.6 Å². The molecule has 2 heteroatoms. The Kier molecular flexibility index (Phi) is 3.49. The number of rotatable bonds is 0. The van der Waals surface area contributed by atoms with Gasteiger partial charge in [0.1, 0.15) is 0 Å². The Hall–Kier alpha value is -0.110. The maximum absolute atomic E-state index is 11.0. The van der Waals surface area contributed by atoms with Crippen molar-refractivity contribution in [3.63, 3.8) is 0 Å². The van der Waals surface area contributed by atoms with Gasteiger partial charge in [0.2, 0.25) is 0 Å². The Balaban J connectivity index is 0.000001000. The number of carbonyl (C=O) groups excluding carboxylic acids is 1. The summed E-state index contributed by atoms with van der Waals surface area (Å²) in [6.45, 7) is 6.31. The first-order valence-electron chi connectivity index (χ1n) is 3.70. The Morgan fingerprint density at radius 2 is 1.91 bits per heavy atom. The summed E-state index contributed by atoms with van der Waals surface area (Å²) in [4.78, 5) is 11.0. The average Bonchev–Trinajstić information content (AvgIpc) is 1.54. The van der Waals surface area contributed by atoms with E-state index in [2.05, 4.69) is 13.8 Å². The number of allylic oxidation sites excluding steroid dienone is 2. The molecule has 0 N–H and O–H groups in total. The first-order chi connectivity index (χ1) is 4.49. The van der Waals surface area contributed by atoms with E-state index in [1.54, 1.807) is 6.08 Å².